The second-order valence-corrected chi connectivity index (χ2v) is 5.46. The van der Waals surface area contributed by atoms with Crippen LogP contribution in [0.15, 0.2) is 0 Å². The van der Waals surface area contributed by atoms with E-state index in [1.54, 1.807) is 0 Å². The average Bonchev–Trinajstić information content (AvgIpc) is 2.14. The molecule has 2 unspecified atom stereocenters. The molecule has 1 saturated heterocycles. The number of hydrogen-bond donors (Lipinski definition) is 1. The summed E-state index contributed by atoms with van der Waals surface area (Å²) in [5.74, 6) is 0. The molecule has 0 aromatic carbocycles. The number of piperidine rings is 1. The Morgan fingerprint density at radius 1 is 1.27 bits per heavy atom. The normalized spacial score (nSPS) is 36.8. The molecular formula is C12H25NO2. The maximum absolute atomic E-state index is 10.2. The fourth-order valence-electron chi connectivity index (χ4n) is 2.67. The lowest BCUT2D eigenvalue weighted by Gasteiger charge is -2.52. The summed E-state index contributed by atoms with van der Waals surface area (Å²) >= 11 is 0. The van der Waals surface area contributed by atoms with E-state index in [0.29, 0.717) is 0 Å². The van der Waals surface area contributed by atoms with Crippen LogP contribution in [-0.2, 0) is 4.74 Å². The molecule has 90 valence electrons. The quantitative estimate of drug-likeness (QED) is 0.785. The Bertz CT molecular complexity index is 218. The van der Waals surface area contributed by atoms with Crippen LogP contribution in [0.3, 0.4) is 0 Å². The van der Waals surface area contributed by atoms with Gasteiger partial charge in [-0.05, 0) is 47.0 Å². The van der Waals surface area contributed by atoms with Crippen molar-refractivity contribution in [3.63, 3.8) is 0 Å². The Morgan fingerprint density at radius 3 is 2.33 bits per heavy atom. The lowest BCUT2D eigenvalue weighted by atomic mass is 9.78. The Kier molecular flexibility index (Phi) is 3.80. The Morgan fingerprint density at radius 2 is 1.87 bits per heavy atom. The first kappa shape index (κ1) is 12.9. The van der Waals surface area contributed by atoms with Gasteiger partial charge in [-0.1, -0.05) is 6.92 Å². The summed E-state index contributed by atoms with van der Waals surface area (Å²) in [5, 5.41) is 11.8. The SMILES string of the molecule is CCOC1CC(C)(C)N(O)C(C)(CC)C1. The number of hydrogen-bond acceptors (Lipinski definition) is 3. The minimum atomic E-state index is -0.192. The highest BCUT2D eigenvalue weighted by atomic mass is 16.5. The van der Waals surface area contributed by atoms with Crippen LogP contribution in [-0.4, -0.2) is 34.1 Å². The molecule has 1 heterocycles. The van der Waals surface area contributed by atoms with E-state index in [1.807, 2.05) is 6.92 Å². The van der Waals surface area contributed by atoms with Crippen molar-refractivity contribution < 1.29 is 9.94 Å². The molecule has 1 aliphatic heterocycles. The van der Waals surface area contributed by atoms with Crippen molar-refractivity contribution in [2.45, 2.75) is 71.1 Å². The summed E-state index contributed by atoms with van der Waals surface area (Å²) in [6.07, 6.45) is 3.03. The van der Waals surface area contributed by atoms with Gasteiger partial charge in [-0.25, -0.2) is 0 Å². The largest absolute Gasteiger partial charge is 0.378 e. The lowest BCUT2D eigenvalue weighted by molar-refractivity contribution is -0.266. The summed E-state index contributed by atoms with van der Waals surface area (Å²) in [5.41, 5.74) is -0.343. The first-order valence-corrected chi connectivity index (χ1v) is 5.96. The molecule has 3 heteroatoms. The van der Waals surface area contributed by atoms with Crippen LogP contribution >= 0.6 is 0 Å². The first-order chi connectivity index (χ1) is 6.85. The van der Waals surface area contributed by atoms with Crippen LogP contribution in [0, 0.1) is 0 Å². The van der Waals surface area contributed by atoms with E-state index in [0.717, 1.165) is 25.9 Å². The average molecular weight is 215 g/mol. The highest BCUT2D eigenvalue weighted by molar-refractivity contribution is 4.98. The molecule has 2 atom stereocenters. The van der Waals surface area contributed by atoms with Crippen LogP contribution in [0.5, 0.6) is 0 Å². The van der Waals surface area contributed by atoms with E-state index in [9.17, 15) is 5.21 Å². The second-order valence-electron chi connectivity index (χ2n) is 5.46. The van der Waals surface area contributed by atoms with Gasteiger partial charge in [0, 0.05) is 17.7 Å². The molecule has 0 aromatic heterocycles. The third-order valence-corrected chi connectivity index (χ3v) is 3.64. The zero-order chi connectivity index (χ0) is 11.7. The summed E-state index contributed by atoms with van der Waals surface area (Å²) in [6.45, 7) is 11.2. The number of ether oxygens (including phenoxy) is 1. The second kappa shape index (κ2) is 4.40. The van der Waals surface area contributed by atoms with Crippen LogP contribution in [0.2, 0.25) is 0 Å². The van der Waals surface area contributed by atoms with Crippen molar-refractivity contribution >= 4 is 0 Å². The van der Waals surface area contributed by atoms with E-state index in [4.69, 9.17) is 4.74 Å². The summed E-state index contributed by atoms with van der Waals surface area (Å²) in [6, 6.07) is 0. The van der Waals surface area contributed by atoms with Crippen molar-refractivity contribution in [1.82, 2.24) is 5.06 Å². The summed E-state index contributed by atoms with van der Waals surface area (Å²) in [4.78, 5) is 0. The maximum atomic E-state index is 10.2. The van der Waals surface area contributed by atoms with Gasteiger partial charge in [0.2, 0.25) is 0 Å². The van der Waals surface area contributed by atoms with Gasteiger partial charge in [-0.2, -0.15) is 5.06 Å². The zero-order valence-electron chi connectivity index (χ0n) is 10.7. The van der Waals surface area contributed by atoms with E-state index in [1.165, 1.54) is 5.06 Å². The fraction of sp³-hybridized carbons (Fsp3) is 1.00. The highest BCUT2D eigenvalue weighted by Crippen LogP contribution is 2.39. The summed E-state index contributed by atoms with van der Waals surface area (Å²) < 4.78 is 5.73. The molecule has 0 aliphatic carbocycles. The Balaban J connectivity index is 2.82. The zero-order valence-corrected chi connectivity index (χ0v) is 10.7. The minimum absolute atomic E-state index is 0.151. The van der Waals surface area contributed by atoms with Crippen molar-refractivity contribution in [3.8, 4) is 0 Å². The Labute approximate surface area is 93.4 Å². The molecular weight excluding hydrogens is 190 g/mol. The third kappa shape index (κ3) is 2.52. The van der Waals surface area contributed by atoms with Gasteiger partial charge < -0.3 is 9.94 Å². The molecule has 1 rings (SSSR count). The fourth-order valence-corrected chi connectivity index (χ4v) is 2.67. The maximum Gasteiger partial charge on any atom is 0.0611 e. The smallest absolute Gasteiger partial charge is 0.0611 e. The van der Waals surface area contributed by atoms with Gasteiger partial charge in [0.25, 0.3) is 0 Å². The van der Waals surface area contributed by atoms with E-state index in [-0.39, 0.29) is 17.2 Å². The van der Waals surface area contributed by atoms with E-state index < -0.39 is 0 Å². The van der Waals surface area contributed by atoms with Crippen LogP contribution in [0.1, 0.15) is 53.9 Å². The van der Waals surface area contributed by atoms with Crippen molar-refractivity contribution in [2.75, 3.05) is 6.61 Å². The van der Waals surface area contributed by atoms with Gasteiger partial charge in [0.1, 0.15) is 0 Å². The van der Waals surface area contributed by atoms with Crippen LogP contribution in [0.25, 0.3) is 0 Å². The Hall–Kier alpha value is -0.120. The van der Waals surface area contributed by atoms with Gasteiger partial charge in [-0.15, -0.1) is 0 Å². The van der Waals surface area contributed by atoms with Crippen LogP contribution in [0.4, 0.5) is 0 Å². The molecule has 1 aliphatic rings. The molecule has 0 spiro atoms. The monoisotopic (exact) mass is 215 g/mol. The van der Waals surface area contributed by atoms with Crippen molar-refractivity contribution in [2.24, 2.45) is 0 Å². The standard InChI is InChI=1S/C12H25NO2/c1-6-12(5)9-10(15-7-2)8-11(3,4)13(12)14/h10,14H,6-9H2,1-5H3. The lowest BCUT2D eigenvalue weighted by Crippen LogP contribution is -2.61. The molecule has 0 saturated carbocycles. The van der Waals surface area contributed by atoms with Crippen LogP contribution < -0.4 is 0 Å². The molecule has 0 amide bonds. The third-order valence-electron chi connectivity index (χ3n) is 3.64. The van der Waals surface area contributed by atoms with Gasteiger partial charge in [0.15, 0.2) is 0 Å². The highest BCUT2D eigenvalue weighted by Gasteiger charge is 2.46. The molecule has 0 bridgehead atoms. The first-order valence-electron chi connectivity index (χ1n) is 5.96. The number of nitrogens with zero attached hydrogens (tertiary/aromatic N) is 1. The molecule has 0 radical (unpaired) electrons. The van der Waals surface area contributed by atoms with Crippen molar-refractivity contribution in [3.05, 3.63) is 0 Å². The number of hydroxylamine groups is 2. The molecule has 0 aromatic rings. The minimum Gasteiger partial charge on any atom is -0.378 e. The van der Waals surface area contributed by atoms with E-state index >= 15 is 0 Å². The molecule has 3 nitrogen and oxygen atoms in total. The number of rotatable bonds is 3. The van der Waals surface area contributed by atoms with Gasteiger partial charge in [0.05, 0.1) is 6.10 Å². The van der Waals surface area contributed by atoms with Gasteiger partial charge in [-0.3, -0.25) is 0 Å². The predicted molar refractivity (Wildman–Crippen MR) is 61.0 cm³/mol. The molecule has 1 N–H and O–H groups in total. The topological polar surface area (TPSA) is 32.7 Å². The molecule has 1 fully saturated rings. The van der Waals surface area contributed by atoms with Gasteiger partial charge >= 0.3 is 0 Å². The summed E-state index contributed by atoms with van der Waals surface area (Å²) in [7, 11) is 0. The van der Waals surface area contributed by atoms with Crippen molar-refractivity contribution in [1.29, 1.82) is 0 Å². The predicted octanol–water partition coefficient (Wildman–Crippen LogP) is 2.82. The molecule has 15 heavy (non-hydrogen) atoms. The van der Waals surface area contributed by atoms with E-state index in [2.05, 4.69) is 27.7 Å².